The molecule has 1 N–H and O–H groups in total. The molecule has 3 unspecified atom stereocenters. The lowest BCUT2D eigenvalue weighted by Gasteiger charge is -2.41. The van der Waals surface area contributed by atoms with Crippen LogP contribution in [0.25, 0.3) is 0 Å². The van der Waals surface area contributed by atoms with Crippen molar-refractivity contribution in [2.45, 2.75) is 103 Å². The number of aliphatic hydroxyl groups is 1. The van der Waals surface area contributed by atoms with Crippen molar-refractivity contribution in [1.29, 1.82) is 0 Å². The maximum atomic E-state index is 10.7. The number of unbranched alkanes of at least 4 members (excludes halogenated alkanes) is 7. The Labute approximate surface area is 121 Å². The van der Waals surface area contributed by atoms with Gasteiger partial charge in [-0.15, -0.1) is 0 Å². The van der Waals surface area contributed by atoms with E-state index in [-0.39, 0.29) is 5.60 Å². The summed E-state index contributed by atoms with van der Waals surface area (Å²) in [4.78, 5) is 0. The molecule has 114 valence electrons. The summed E-state index contributed by atoms with van der Waals surface area (Å²) in [7, 11) is 0. The van der Waals surface area contributed by atoms with Gasteiger partial charge in [0.25, 0.3) is 0 Å². The summed E-state index contributed by atoms with van der Waals surface area (Å²) in [6.45, 7) is 6.85. The van der Waals surface area contributed by atoms with Crippen LogP contribution in [0.4, 0.5) is 0 Å². The Kier molecular flexibility index (Phi) is 8.06. The normalized spacial score (nSPS) is 31.6. The molecule has 0 radical (unpaired) electrons. The lowest BCUT2D eigenvalue weighted by Crippen LogP contribution is -2.41. The van der Waals surface area contributed by atoms with Crippen LogP contribution in [0.15, 0.2) is 0 Å². The fraction of sp³-hybridized carbons (Fsp3) is 1.00. The molecule has 0 amide bonds. The molecule has 1 saturated carbocycles. The fourth-order valence-corrected chi connectivity index (χ4v) is 3.62. The SMILES string of the molecule is CCCCCCCCCCC1(O)CCC(C)CC1C. The van der Waals surface area contributed by atoms with Crippen LogP contribution in [-0.2, 0) is 0 Å². The quantitative estimate of drug-likeness (QED) is 0.531. The van der Waals surface area contributed by atoms with E-state index in [1.807, 2.05) is 0 Å². The Hall–Kier alpha value is -0.0400. The van der Waals surface area contributed by atoms with E-state index in [0.717, 1.165) is 18.8 Å². The predicted molar refractivity (Wildman–Crippen MR) is 84.4 cm³/mol. The highest BCUT2D eigenvalue weighted by atomic mass is 16.3. The van der Waals surface area contributed by atoms with Gasteiger partial charge in [0, 0.05) is 0 Å². The Bertz CT molecular complexity index is 226. The molecule has 0 bridgehead atoms. The minimum Gasteiger partial charge on any atom is -0.390 e. The van der Waals surface area contributed by atoms with Gasteiger partial charge in [-0.05, 0) is 37.5 Å². The lowest BCUT2D eigenvalue weighted by molar-refractivity contribution is -0.0607. The third-order valence-electron chi connectivity index (χ3n) is 5.21. The van der Waals surface area contributed by atoms with E-state index >= 15 is 0 Å². The Morgan fingerprint density at radius 2 is 1.53 bits per heavy atom. The highest BCUT2D eigenvalue weighted by Crippen LogP contribution is 2.39. The van der Waals surface area contributed by atoms with Crippen LogP contribution in [0.3, 0.4) is 0 Å². The molecular formula is C18H36O. The summed E-state index contributed by atoms with van der Waals surface area (Å²) in [6.07, 6.45) is 15.4. The van der Waals surface area contributed by atoms with Crippen molar-refractivity contribution in [3.05, 3.63) is 0 Å². The van der Waals surface area contributed by atoms with Gasteiger partial charge in [0.15, 0.2) is 0 Å². The van der Waals surface area contributed by atoms with Crippen molar-refractivity contribution >= 4 is 0 Å². The zero-order valence-electron chi connectivity index (χ0n) is 13.6. The summed E-state index contributed by atoms with van der Waals surface area (Å²) >= 11 is 0. The number of hydrogen-bond donors (Lipinski definition) is 1. The molecule has 1 heteroatoms. The second-order valence-corrected chi connectivity index (χ2v) is 7.11. The molecular weight excluding hydrogens is 232 g/mol. The maximum Gasteiger partial charge on any atom is 0.0673 e. The van der Waals surface area contributed by atoms with Crippen molar-refractivity contribution in [2.75, 3.05) is 0 Å². The smallest absolute Gasteiger partial charge is 0.0673 e. The van der Waals surface area contributed by atoms with E-state index in [9.17, 15) is 5.11 Å². The van der Waals surface area contributed by atoms with Crippen molar-refractivity contribution in [3.8, 4) is 0 Å². The van der Waals surface area contributed by atoms with E-state index in [4.69, 9.17) is 0 Å². The summed E-state index contributed by atoms with van der Waals surface area (Å²) < 4.78 is 0. The van der Waals surface area contributed by atoms with Gasteiger partial charge >= 0.3 is 0 Å². The molecule has 0 heterocycles. The van der Waals surface area contributed by atoms with E-state index < -0.39 is 0 Å². The molecule has 1 nitrogen and oxygen atoms in total. The van der Waals surface area contributed by atoms with Crippen LogP contribution in [0.1, 0.15) is 97.8 Å². The van der Waals surface area contributed by atoms with Gasteiger partial charge in [0.05, 0.1) is 5.60 Å². The monoisotopic (exact) mass is 268 g/mol. The van der Waals surface area contributed by atoms with E-state index in [2.05, 4.69) is 20.8 Å². The molecule has 19 heavy (non-hydrogen) atoms. The second kappa shape index (κ2) is 9.00. The van der Waals surface area contributed by atoms with E-state index in [1.54, 1.807) is 0 Å². The molecule has 0 spiro atoms. The molecule has 0 saturated heterocycles. The van der Waals surface area contributed by atoms with E-state index in [1.165, 1.54) is 64.2 Å². The first-order valence-corrected chi connectivity index (χ1v) is 8.81. The van der Waals surface area contributed by atoms with Crippen molar-refractivity contribution in [1.82, 2.24) is 0 Å². The fourth-order valence-electron chi connectivity index (χ4n) is 3.62. The average molecular weight is 268 g/mol. The predicted octanol–water partition coefficient (Wildman–Crippen LogP) is 5.70. The molecule has 1 rings (SSSR count). The van der Waals surface area contributed by atoms with Gasteiger partial charge in [-0.25, -0.2) is 0 Å². The van der Waals surface area contributed by atoms with Crippen LogP contribution in [0, 0.1) is 11.8 Å². The maximum absolute atomic E-state index is 10.7. The zero-order valence-corrected chi connectivity index (χ0v) is 13.6. The highest BCUT2D eigenvalue weighted by Gasteiger charge is 2.37. The highest BCUT2D eigenvalue weighted by molar-refractivity contribution is 4.89. The molecule has 0 aliphatic heterocycles. The van der Waals surface area contributed by atoms with Crippen molar-refractivity contribution < 1.29 is 5.11 Å². The molecule has 1 fully saturated rings. The topological polar surface area (TPSA) is 20.2 Å². The first-order valence-electron chi connectivity index (χ1n) is 8.81. The summed E-state index contributed by atoms with van der Waals surface area (Å²) in [5.41, 5.74) is -0.339. The Balaban J connectivity index is 2.05. The van der Waals surface area contributed by atoms with Crippen LogP contribution in [0.2, 0.25) is 0 Å². The lowest BCUT2D eigenvalue weighted by atomic mass is 9.70. The van der Waals surface area contributed by atoms with Crippen molar-refractivity contribution in [3.63, 3.8) is 0 Å². The third kappa shape index (κ3) is 6.29. The molecule has 1 aliphatic carbocycles. The van der Waals surface area contributed by atoms with Crippen LogP contribution in [0.5, 0.6) is 0 Å². The van der Waals surface area contributed by atoms with Crippen LogP contribution in [-0.4, -0.2) is 10.7 Å². The first kappa shape index (κ1) is 17.0. The van der Waals surface area contributed by atoms with Gasteiger partial charge < -0.3 is 5.11 Å². The van der Waals surface area contributed by atoms with Crippen LogP contribution >= 0.6 is 0 Å². The first-order chi connectivity index (χ1) is 9.08. The molecule has 0 aromatic heterocycles. The van der Waals surface area contributed by atoms with Gasteiger partial charge in [-0.2, -0.15) is 0 Å². The molecule has 3 atom stereocenters. The van der Waals surface area contributed by atoms with Crippen LogP contribution < -0.4 is 0 Å². The third-order valence-corrected chi connectivity index (χ3v) is 5.21. The summed E-state index contributed by atoms with van der Waals surface area (Å²) in [5.74, 6) is 1.31. The largest absolute Gasteiger partial charge is 0.390 e. The van der Waals surface area contributed by atoms with Gasteiger partial charge in [-0.3, -0.25) is 0 Å². The molecule has 0 aromatic carbocycles. The zero-order chi connectivity index (χ0) is 14.1. The minimum atomic E-state index is -0.339. The van der Waals surface area contributed by atoms with Gasteiger partial charge in [0.2, 0.25) is 0 Å². The minimum absolute atomic E-state index is 0.339. The standard InChI is InChI=1S/C18H36O/c1-4-5-6-7-8-9-10-11-13-18(19)14-12-16(2)15-17(18)3/h16-17,19H,4-15H2,1-3H3. The molecule has 0 aromatic rings. The Morgan fingerprint density at radius 3 is 2.11 bits per heavy atom. The van der Waals surface area contributed by atoms with E-state index in [0.29, 0.717) is 5.92 Å². The van der Waals surface area contributed by atoms with Gasteiger partial charge in [-0.1, -0.05) is 72.1 Å². The Morgan fingerprint density at radius 1 is 0.947 bits per heavy atom. The number of rotatable bonds is 9. The van der Waals surface area contributed by atoms with Crippen molar-refractivity contribution in [2.24, 2.45) is 11.8 Å². The average Bonchev–Trinajstić information content (AvgIpc) is 2.38. The molecule has 1 aliphatic rings. The summed E-state index contributed by atoms with van der Waals surface area (Å²) in [5, 5.41) is 10.7. The summed E-state index contributed by atoms with van der Waals surface area (Å²) in [6, 6.07) is 0. The van der Waals surface area contributed by atoms with Gasteiger partial charge in [0.1, 0.15) is 0 Å². The second-order valence-electron chi connectivity index (χ2n) is 7.11. The number of hydrogen-bond acceptors (Lipinski definition) is 1.